The van der Waals surface area contributed by atoms with Crippen molar-refractivity contribution < 1.29 is 8.42 Å². The van der Waals surface area contributed by atoms with Crippen LogP contribution in [-0.4, -0.2) is 14.5 Å². The van der Waals surface area contributed by atoms with Crippen LogP contribution in [0, 0.1) is 0 Å². The molecule has 5 heteroatoms. The molecule has 2 N–H and O–H groups in total. The van der Waals surface area contributed by atoms with E-state index in [1.165, 1.54) is 6.42 Å². The van der Waals surface area contributed by atoms with Gasteiger partial charge in [0.15, 0.2) is 0 Å². The molecule has 1 aliphatic rings. The van der Waals surface area contributed by atoms with Crippen molar-refractivity contribution in [2.75, 3.05) is 0 Å². The first kappa shape index (κ1) is 13.5. The van der Waals surface area contributed by atoms with Gasteiger partial charge < -0.3 is 0 Å². The lowest BCUT2D eigenvalue weighted by atomic mass is 9.96. The molecule has 0 unspecified atom stereocenters. The normalized spacial score (nSPS) is 17.8. The van der Waals surface area contributed by atoms with Crippen LogP contribution in [0.1, 0.15) is 37.7 Å². The van der Waals surface area contributed by atoms with E-state index in [1.54, 1.807) is 0 Å². The second-order valence-corrected chi connectivity index (χ2v) is 6.29. The van der Waals surface area contributed by atoms with E-state index in [1.807, 2.05) is 30.3 Å². The summed E-state index contributed by atoms with van der Waals surface area (Å²) in [5.41, 5.74) is 0.964. The minimum absolute atomic E-state index is 0.104. The van der Waals surface area contributed by atoms with Crippen LogP contribution in [0.3, 0.4) is 0 Å². The quantitative estimate of drug-likeness (QED) is 0.857. The summed E-state index contributed by atoms with van der Waals surface area (Å²) in [6, 6.07) is 9.63. The Balaban J connectivity index is 1.83. The molecular formula is C13H20N2O2S. The summed E-state index contributed by atoms with van der Waals surface area (Å²) in [5.74, 6) is 0. The van der Waals surface area contributed by atoms with Crippen LogP contribution in [0.15, 0.2) is 30.3 Å². The van der Waals surface area contributed by atoms with Gasteiger partial charge >= 0.3 is 0 Å². The van der Waals surface area contributed by atoms with Crippen LogP contribution in [0.5, 0.6) is 0 Å². The highest BCUT2D eigenvalue weighted by molar-refractivity contribution is 7.87. The molecule has 0 bridgehead atoms. The van der Waals surface area contributed by atoms with Crippen molar-refractivity contribution in [3.05, 3.63) is 35.9 Å². The highest BCUT2D eigenvalue weighted by atomic mass is 32.2. The highest BCUT2D eigenvalue weighted by Gasteiger charge is 2.19. The molecule has 1 aromatic carbocycles. The highest BCUT2D eigenvalue weighted by Crippen LogP contribution is 2.17. The maximum Gasteiger partial charge on any atom is 0.277 e. The van der Waals surface area contributed by atoms with Crippen LogP contribution in [0.2, 0.25) is 0 Å². The SMILES string of the molecule is O=S(=O)(NCc1ccccc1)NC1CCCCC1. The fourth-order valence-electron chi connectivity index (χ4n) is 2.26. The fourth-order valence-corrected chi connectivity index (χ4v) is 3.37. The fraction of sp³-hybridized carbons (Fsp3) is 0.538. The van der Waals surface area contributed by atoms with Gasteiger partial charge in [0.1, 0.15) is 0 Å². The van der Waals surface area contributed by atoms with Crippen LogP contribution in [0.25, 0.3) is 0 Å². The summed E-state index contributed by atoms with van der Waals surface area (Å²) in [6.07, 6.45) is 5.35. The molecule has 1 aliphatic carbocycles. The molecule has 2 rings (SSSR count). The molecule has 0 amide bonds. The zero-order valence-electron chi connectivity index (χ0n) is 10.4. The van der Waals surface area contributed by atoms with Crippen molar-refractivity contribution in [2.24, 2.45) is 0 Å². The van der Waals surface area contributed by atoms with E-state index in [9.17, 15) is 8.42 Å². The summed E-state index contributed by atoms with van der Waals surface area (Å²) in [7, 11) is -3.38. The van der Waals surface area contributed by atoms with Gasteiger partial charge in [-0.05, 0) is 18.4 Å². The molecule has 0 radical (unpaired) electrons. The van der Waals surface area contributed by atoms with E-state index < -0.39 is 10.2 Å². The lowest BCUT2D eigenvalue weighted by Gasteiger charge is -2.22. The monoisotopic (exact) mass is 268 g/mol. The van der Waals surface area contributed by atoms with Crippen LogP contribution in [0.4, 0.5) is 0 Å². The molecule has 1 saturated carbocycles. The summed E-state index contributed by atoms with van der Waals surface area (Å²) in [5, 5.41) is 0. The molecular weight excluding hydrogens is 248 g/mol. The standard InChI is InChI=1S/C13H20N2O2S/c16-18(17,15-13-9-5-2-6-10-13)14-11-12-7-3-1-4-8-12/h1,3-4,7-8,13-15H,2,5-6,9-11H2. The lowest BCUT2D eigenvalue weighted by Crippen LogP contribution is -2.43. The number of rotatable bonds is 5. The third kappa shape index (κ3) is 4.40. The first-order valence-corrected chi connectivity index (χ1v) is 7.95. The summed E-state index contributed by atoms with van der Waals surface area (Å²) >= 11 is 0. The van der Waals surface area contributed by atoms with Gasteiger partial charge in [-0.3, -0.25) is 0 Å². The summed E-state index contributed by atoms with van der Waals surface area (Å²) in [6.45, 7) is 0.336. The summed E-state index contributed by atoms with van der Waals surface area (Å²) in [4.78, 5) is 0. The zero-order chi connectivity index (χ0) is 12.8. The Hall–Kier alpha value is -0.910. The molecule has 0 atom stereocenters. The smallest absolute Gasteiger partial charge is 0.199 e. The van der Waals surface area contributed by atoms with Crippen LogP contribution in [-0.2, 0) is 16.8 Å². The maximum absolute atomic E-state index is 11.8. The molecule has 0 spiro atoms. The van der Waals surface area contributed by atoms with E-state index in [0.29, 0.717) is 6.54 Å². The Bertz CT molecular complexity index is 453. The first-order valence-electron chi connectivity index (χ1n) is 6.46. The molecule has 1 fully saturated rings. The Labute approximate surface area is 109 Å². The Morgan fingerprint density at radius 3 is 2.39 bits per heavy atom. The van der Waals surface area contributed by atoms with E-state index in [-0.39, 0.29) is 6.04 Å². The third-order valence-corrected chi connectivity index (χ3v) is 4.40. The van der Waals surface area contributed by atoms with Crippen molar-refractivity contribution >= 4 is 10.2 Å². The molecule has 4 nitrogen and oxygen atoms in total. The average molecular weight is 268 g/mol. The van der Waals surface area contributed by atoms with Crippen LogP contribution < -0.4 is 9.44 Å². The van der Waals surface area contributed by atoms with E-state index >= 15 is 0 Å². The van der Waals surface area contributed by atoms with Gasteiger partial charge in [-0.15, -0.1) is 0 Å². The van der Waals surface area contributed by atoms with E-state index in [2.05, 4.69) is 9.44 Å². The number of hydrogen-bond acceptors (Lipinski definition) is 2. The molecule has 18 heavy (non-hydrogen) atoms. The van der Waals surface area contributed by atoms with Gasteiger partial charge in [-0.1, -0.05) is 49.6 Å². The van der Waals surface area contributed by atoms with Gasteiger partial charge in [0, 0.05) is 12.6 Å². The number of nitrogens with one attached hydrogen (secondary N) is 2. The third-order valence-electron chi connectivity index (χ3n) is 3.24. The predicted molar refractivity (Wildman–Crippen MR) is 72.2 cm³/mol. The molecule has 0 aliphatic heterocycles. The summed E-state index contributed by atoms with van der Waals surface area (Å²) < 4.78 is 29.0. The molecule has 1 aromatic rings. The van der Waals surface area contributed by atoms with Crippen molar-refractivity contribution in [3.63, 3.8) is 0 Å². The second-order valence-electron chi connectivity index (χ2n) is 4.76. The van der Waals surface area contributed by atoms with Gasteiger partial charge in [-0.25, -0.2) is 0 Å². The molecule has 100 valence electrons. The van der Waals surface area contributed by atoms with Gasteiger partial charge in [0.05, 0.1) is 0 Å². The van der Waals surface area contributed by atoms with Gasteiger partial charge in [-0.2, -0.15) is 17.9 Å². The maximum atomic E-state index is 11.8. The Morgan fingerprint density at radius 1 is 1.06 bits per heavy atom. The van der Waals surface area contributed by atoms with E-state index in [0.717, 1.165) is 31.2 Å². The molecule has 0 aromatic heterocycles. The molecule has 0 heterocycles. The second kappa shape index (κ2) is 6.31. The van der Waals surface area contributed by atoms with Crippen LogP contribution >= 0.6 is 0 Å². The minimum Gasteiger partial charge on any atom is -0.199 e. The largest absolute Gasteiger partial charge is 0.277 e. The zero-order valence-corrected chi connectivity index (χ0v) is 11.2. The molecule has 0 saturated heterocycles. The van der Waals surface area contributed by atoms with Crippen molar-refractivity contribution in [1.29, 1.82) is 0 Å². The van der Waals surface area contributed by atoms with E-state index in [4.69, 9.17) is 0 Å². The lowest BCUT2D eigenvalue weighted by molar-refractivity contribution is 0.410. The Morgan fingerprint density at radius 2 is 1.72 bits per heavy atom. The van der Waals surface area contributed by atoms with Crippen molar-refractivity contribution in [1.82, 2.24) is 9.44 Å². The number of hydrogen-bond donors (Lipinski definition) is 2. The van der Waals surface area contributed by atoms with Crippen molar-refractivity contribution in [3.8, 4) is 0 Å². The average Bonchev–Trinajstić information content (AvgIpc) is 2.38. The topological polar surface area (TPSA) is 58.2 Å². The predicted octanol–water partition coefficient (Wildman–Crippen LogP) is 1.94. The minimum atomic E-state index is -3.38. The van der Waals surface area contributed by atoms with Gasteiger partial charge in [0.25, 0.3) is 10.2 Å². The Kier molecular flexibility index (Phi) is 4.74. The number of benzene rings is 1. The van der Waals surface area contributed by atoms with Gasteiger partial charge in [0.2, 0.25) is 0 Å². The first-order chi connectivity index (χ1) is 8.66. The van der Waals surface area contributed by atoms with Crippen molar-refractivity contribution in [2.45, 2.75) is 44.7 Å².